The zero-order chi connectivity index (χ0) is 36.9. The van der Waals surface area contributed by atoms with Gasteiger partial charge in [-0.15, -0.1) is 9.42 Å². The fourth-order valence-corrected chi connectivity index (χ4v) is 8.38. The first-order chi connectivity index (χ1) is 24.3. The number of fused-ring (bicyclic) bond motifs is 1. The Hall–Kier alpha value is -3.41. The minimum atomic E-state index is -3.85. The maximum absolute atomic E-state index is 15.6. The number of carbonyl (C=O) groups is 1. The highest BCUT2D eigenvalue weighted by Crippen LogP contribution is 2.56. The molecule has 0 bridgehead atoms. The normalized spacial score (nSPS) is 27.7. The van der Waals surface area contributed by atoms with E-state index < -0.39 is 81.6 Å². The molecule has 23 heteroatoms. The lowest BCUT2D eigenvalue weighted by atomic mass is 10.0. The van der Waals surface area contributed by atoms with E-state index in [2.05, 4.69) is 35.6 Å². The van der Waals surface area contributed by atoms with Gasteiger partial charge >= 0.3 is 15.0 Å². The molecule has 5 rings (SSSR count). The second kappa shape index (κ2) is 16.9. The lowest BCUT2D eigenvalue weighted by Crippen LogP contribution is -2.33. The average molecular weight is 773 g/mol. The van der Waals surface area contributed by atoms with E-state index in [0.29, 0.717) is 5.82 Å². The summed E-state index contributed by atoms with van der Waals surface area (Å²) in [6.07, 6.45) is -2.02. The number of rotatable bonds is 16. The van der Waals surface area contributed by atoms with Crippen molar-refractivity contribution in [2.75, 3.05) is 30.5 Å². The lowest BCUT2D eigenvalue weighted by Gasteiger charge is -2.30. The summed E-state index contributed by atoms with van der Waals surface area (Å²) in [6, 6.07) is 2.60. The predicted molar refractivity (Wildman–Crippen MR) is 180 cm³/mol. The minimum absolute atomic E-state index is 0.0297. The number of halogens is 1. The van der Waals surface area contributed by atoms with Gasteiger partial charge in [0, 0.05) is 28.5 Å². The molecule has 276 valence electrons. The standard InChI is InChI=1S/C28H36FN9O10P2S/c1-14(2)25(40)36-28-35-24-21(26(41)37-28)33-13-38(24)27-22(15(3)18(10-39)46-27)48-50(51,44-8-4-6-30)45-11-16-9-17(20(29)23(16)47-49(42)43)34-19-5-7-31-12-32-19/h5,7,12-18,20,22-23,27,39H,4,8-11H2,1-3H3,(H3-,31,32,34,35,36,37,40,41,42,43)/p+1/t15-,16-,17-,18-,20-,22-,23-,27-,50?/m1/s1. The summed E-state index contributed by atoms with van der Waals surface area (Å²) in [7, 11) is -3.19. The average Bonchev–Trinajstić information content (AvgIpc) is 3.74. The lowest BCUT2D eigenvalue weighted by molar-refractivity contribution is -0.118. The number of nitrogens with zero attached hydrogens (tertiary/aromatic N) is 6. The summed E-state index contributed by atoms with van der Waals surface area (Å²) in [5.41, 5.74) is -0.673. The smallest absolute Gasteiger partial charge is 0.394 e. The molecule has 3 aromatic rings. The fourth-order valence-electron chi connectivity index (χ4n) is 5.70. The molecule has 3 aromatic heterocycles. The van der Waals surface area contributed by atoms with Crippen molar-refractivity contribution in [1.82, 2.24) is 29.5 Å². The number of anilines is 2. The van der Waals surface area contributed by atoms with E-state index in [1.165, 1.54) is 29.5 Å². The Morgan fingerprint density at radius 1 is 1.35 bits per heavy atom. The highest BCUT2D eigenvalue weighted by molar-refractivity contribution is 8.07. The number of alkyl halides is 1. The van der Waals surface area contributed by atoms with Gasteiger partial charge in [0.15, 0.2) is 29.7 Å². The number of hydrogen-bond acceptors (Lipinski definition) is 16. The summed E-state index contributed by atoms with van der Waals surface area (Å²) in [6.45, 7) is 0.268. The van der Waals surface area contributed by atoms with E-state index >= 15 is 4.39 Å². The number of ether oxygens (including phenoxy) is 1. The first-order valence-electron chi connectivity index (χ1n) is 15.8. The van der Waals surface area contributed by atoms with Gasteiger partial charge in [0.1, 0.15) is 18.2 Å². The number of aliphatic hydroxyl groups is 1. The minimum Gasteiger partial charge on any atom is -0.394 e. The Morgan fingerprint density at radius 3 is 2.80 bits per heavy atom. The van der Waals surface area contributed by atoms with Gasteiger partial charge in [0.2, 0.25) is 11.9 Å². The molecule has 1 saturated heterocycles. The quantitative estimate of drug-likeness (QED) is 0.103. The molecule has 0 aromatic carbocycles. The van der Waals surface area contributed by atoms with Crippen LogP contribution in [0.1, 0.15) is 39.8 Å². The fraction of sp³-hybridized carbons (Fsp3) is 0.607. The van der Waals surface area contributed by atoms with Crippen molar-refractivity contribution in [3.63, 3.8) is 0 Å². The number of aliphatic hydroxyl groups excluding tert-OH is 1. The van der Waals surface area contributed by atoms with E-state index in [-0.39, 0.29) is 49.1 Å². The van der Waals surface area contributed by atoms with Crippen molar-refractivity contribution < 1.29 is 46.6 Å². The van der Waals surface area contributed by atoms with Crippen molar-refractivity contribution >= 4 is 55.6 Å². The Labute approximate surface area is 296 Å². The van der Waals surface area contributed by atoms with Crippen LogP contribution in [0.3, 0.4) is 0 Å². The molecule has 5 N–H and O–H groups in total. The number of H-pyrrole nitrogens is 1. The van der Waals surface area contributed by atoms with E-state index in [1.54, 1.807) is 20.8 Å². The molecule has 2 unspecified atom stereocenters. The molecule has 19 nitrogen and oxygen atoms in total. The maximum atomic E-state index is 15.6. The summed E-state index contributed by atoms with van der Waals surface area (Å²) in [5, 5.41) is 24.8. The number of carbonyl (C=O) groups excluding carboxylic acids is 1. The molecule has 1 aliphatic carbocycles. The van der Waals surface area contributed by atoms with Crippen LogP contribution in [0.2, 0.25) is 0 Å². The number of amides is 1. The second-order valence-corrected chi connectivity index (χ2v) is 15.8. The summed E-state index contributed by atoms with van der Waals surface area (Å²) in [5.74, 6) is -1.97. The predicted octanol–water partition coefficient (Wildman–Crippen LogP) is 2.46. The van der Waals surface area contributed by atoms with Crippen LogP contribution in [0.4, 0.5) is 16.2 Å². The van der Waals surface area contributed by atoms with E-state index in [4.69, 9.17) is 34.6 Å². The van der Waals surface area contributed by atoms with Gasteiger partial charge in [-0.1, -0.05) is 20.8 Å². The zero-order valence-corrected chi connectivity index (χ0v) is 30.2. The molecule has 51 heavy (non-hydrogen) atoms. The van der Waals surface area contributed by atoms with Gasteiger partial charge in [-0.3, -0.25) is 24.5 Å². The van der Waals surface area contributed by atoms with Crippen LogP contribution < -0.4 is 16.2 Å². The Morgan fingerprint density at radius 2 is 2.14 bits per heavy atom. The van der Waals surface area contributed by atoms with Crippen LogP contribution >= 0.6 is 15.0 Å². The third-order valence-corrected chi connectivity index (χ3v) is 11.1. The van der Waals surface area contributed by atoms with Crippen LogP contribution in [-0.4, -0.2) is 95.7 Å². The number of nitrogens with one attached hydrogen (secondary N) is 3. The number of imidazole rings is 1. The molecular formula is C28H37FN9O10P2S+. The van der Waals surface area contributed by atoms with Crippen LogP contribution in [0.5, 0.6) is 0 Å². The van der Waals surface area contributed by atoms with E-state index in [1.807, 2.05) is 6.07 Å². The van der Waals surface area contributed by atoms with Crippen molar-refractivity contribution in [1.29, 1.82) is 5.26 Å². The summed E-state index contributed by atoms with van der Waals surface area (Å²) < 4.78 is 58.3. The van der Waals surface area contributed by atoms with Gasteiger partial charge in [0.25, 0.3) is 5.56 Å². The molecule has 1 saturated carbocycles. The SMILES string of the molecule is CC(C)C(=O)Nc1nc2c(ncn2[C@@H]2O[C@H](CO)[C@@H](C)[C@H]2OP(=S)(OCCC#N)OC[C@H]2C[C@@H](Nc3ccncn3)[C@@H](F)[C@@H]2O[P+](=O)O)c(=O)[nH]1. The molecule has 0 radical (unpaired) electrons. The van der Waals surface area contributed by atoms with Gasteiger partial charge in [-0.05, 0) is 24.3 Å². The van der Waals surface area contributed by atoms with E-state index in [0.717, 1.165) is 0 Å². The number of aromatic amines is 1. The monoisotopic (exact) mass is 772 g/mol. The van der Waals surface area contributed by atoms with Crippen molar-refractivity contribution in [3.05, 3.63) is 35.3 Å². The Bertz CT molecular complexity index is 1850. The Kier molecular flexibility index (Phi) is 12.9. The zero-order valence-electron chi connectivity index (χ0n) is 27.6. The molecule has 2 aliphatic rings. The maximum Gasteiger partial charge on any atom is 0.695 e. The molecule has 1 aliphatic heterocycles. The van der Waals surface area contributed by atoms with Crippen molar-refractivity contribution in [2.45, 2.75) is 70.4 Å². The van der Waals surface area contributed by atoms with Gasteiger partial charge in [-0.25, -0.2) is 19.3 Å². The summed E-state index contributed by atoms with van der Waals surface area (Å²) >= 11 is 5.80. The van der Waals surface area contributed by atoms with Crippen molar-refractivity contribution in [2.24, 2.45) is 17.8 Å². The molecular weight excluding hydrogens is 735 g/mol. The third kappa shape index (κ3) is 9.15. The van der Waals surface area contributed by atoms with Gasteiger partial charge < -0.3 is 28.7 Å². The van der Waals surface area contributed by atoms with Crippen LogP contribution in [0, 0.1) is 29.1 Å². The van der Waals surface area contributed by atoms with Gasteiger partial charge in [-0.2, -0.15) is 10.2 Å². The molecule has 10 atom stereocenters. The largest absolute Gasteiger partial charge is 0.695 e. The third-order valence-electron chi connectivity index (χ3n) is 8.36. The van der Waals surface area contributed by atoms with Crippen LogP contribution in [0.15, 0.2) is 29.7 Å². The van der Waals surface area contributed by atoms with Crippen LogP contribution in [0.25, 0.3) is 11.2 Å². The molecule has 4 heterocycles. The van der Waals surface area contributed by atoms with Gasteiger partial charge in [0.05, 0.1) is 50.8 Å². The number of nitriles is 1. The second-order valence-electron chi connectivity index (χ2n) is 12.1. The molecule has 1 amide bonds. The highest BCUT2D eigenvalue weighted by Gasteiger charge is 2.51. The Balaban J connectivity index is 1.42. The number of aromatic nitrogens is 6. The van der Waals surface area contributed by atoms with E-state index in [9.17, 15) is 29.4 Å². The molecule has 2 fully saturated rings. The summed E-state index contributed by atoms with van der Waals surface area (Å²) in [4.78, 5) is 53.7. The first-order valence-corrected chi connectivity index (χ1v) is 19.5. The number of hydrogen-bond donors (Lipinski definition) is 5. The molecule has 0 spiro atoms. The topological polar surface area (TPSA) is 258 Å². The highest BCUT2D eigenvalue weighted by atomic mass is 32.5. The van der Waals surface area contributed by atoms with Crippen molar-refractivity contribution in [3.8, 4) is 6.07 Å². The van der Waals surface area contributed by atoms with Crippen LogP contribution in [-0.2, 0) is 44.0 Å². The first kappa shape index (κ1) is 38.8.